The van der Waals surface area contributed by atoms with Crippen LogP contribution in [0.25, 0.3) is 0 Å². The van der Waals surface area contributed by atoms with Crippen LogP contribution < -0.4 is 24.4 Å². The lowest BCUT2D eigenvalue weighted by atomic mass is 9.85. The number of para-hydroxylation sites is 1. The maximum Gasteiger partial charge on any atom is 0.254 e. The molecule has 3 amide bonds. The average molecular weight is 559 g/mol. The van der Waals surface area contributed by atoms with E-state index in [1.54, 1.807) is 73.6 Å². The van der Waals surface area contributed by atoms with Gasteiger partial charge in [-0.1, -0.05) is 18.2 Å². The molecule has 0 atom stereocenters. The number of ether oxygens (including phenoxy) is 3. The Balaban J connectivity index is 1.33. The van der Waals surface area contributed by atoms with E-state index in [-0.39, 0.29) is 30.9 Å². The number of rotatable bonds is 8. The van der Waals surface area contributed by atoms with E-state index in [4.69, 9.17) is 14.2 Å². The standard InChI is InChI=1S/C31H34N4O6/c1-39-25-11-9-23(10-12-25)32-28(36)20-34-21-35(24-7-5-4-6-8-24)31(30(34)38)13-15-33(16-14-31)29(37)22-17-26(40-2)19-27(18-22)41-3/h4-12,17-19H,13-16,20-21H2,1-3H3,(H,32,36). The van der Waals surface area contributed by atoms with E-state index < -0.39 is 5.54 Å². The Morgan fingerprint density at radius 2 is 1.44 bits per heavy atom. The Labute approximate surface area is 239 Å². The van der Waals surface area contributed by atoms with E-state index in [9.17, 15) is 14.4 Å². The number of nitrogens with zero attached hydrogens (tertiary/aromatic N) is 3. The van der Waals surface area contributed by atoms with Crippen molar-refractivity contribution < 1.29 is 28.6 Å². The van der Waals surface area contributed by atoms with Gasteiger partial charge in [0.25, 0.3) is 11.8 Å². The Hall–Kier alpha value is -4.73. The molecule has 2 aliphatic rings. The second-order valence-corrected chi connectivity index (χ2v) is 10.1. The normalized spacial score (nSPS) is 16.1. The van der Waals surface area contributed by atoms with Gasteiger partial charge in [-0.2, -0.15) is 0 Å². The average Bonchev–Trinajstić information content (AvgIpc) is 3.27. The largest absolute Gasteiger partial charge is 0.497 e. The van der Waals surface area contributed by atoms with Gasteiger partial charge in [-0.3, -0.25) is 14.4 Å². The van der Waals surface area contributed by atoms with Crippen LogP contribution in [0.1, 0.15) is 23.2 Å². The van der Waals surface area contributed by atoms with Crippen LogP contribution in [0.5, 0.6) is 17.2 Å². The Morgan fingerprint density at radius 1 is 0.829 bits per heavy atom. The second kappa shape index (κ2) is 11.8. The SMILES string of the molecule is COc1ccc(NC(=O)CN2CN(c3ccccc3)C3(CCN(C(=O)c4cc(OC)cc(OC)c4)CC3)C2=O)cc1. The number of piperidine rings is 1. The van der Waals surface area contributed by atoms with Gasteiger partial charge in [0, 0.05) is 36.1 Å². The van der Waals surface area contributed by atoms with Crippen molar-refractivity contribution in [3.8, 4) is 17.2 Å². The van der Waals surface area contributed by atoms with E-state index in [0.29, 0.717) is 54.4 Å². The number of methoxy groups -OCH3 is 3. The van der Waals surface area contributed by atoms with Crippen LogP contribution in [0, 0.1) is 0 Å². The third-order valence-electron chi connectivity index (χ3n) is 7.77. The molecule has 41 heavy (non-hydrogen) atoms. The van der Waals surface area contributed by atoms with Crippen LogP contribution in [0.15, 0.2) is 72.8 Å². The summed E-state index contributed by atoms with van der Waals surface area (Å²) in [6.45, 7) is 0.973. The molecule has 0 aliphatic carbocycles. The van der Waals surface area contributed by atoms with E-state index in [1.807, 2.05) is 30.3 Å². The molecule has 0 bridgehead atoms. The molecule has 10 nitrogen and oxygen atoms in total. The zero-order chi connectivity index (χ0) is 29.0. The fraction of sp³-hybridized carbons (Fsp3) is 0.323. The highest BCUT2D eigenvalue weighted by molar-refractivity contribution is 6.00. The molecule has 2 aliphatic heterocycles. The number of amides is 3. The highest BCUT2D eigenvalue weighted by Crippen LogP contribution is 2.40. The van der Waals surface area contributed by atoms with Crippen molar-refractivity contribution >= 4 is 29.1 Å². The lowest BCUT2D eigenvalue weighted by Gasteiger charge is -2.43. The number of carbonyl (C=O) groups excluding carboxylic acids is 3. The molecule has 10 heteroatoms. The second-order valence-electron chi connectivity index (χ2n) is 10.1. The molecule has 0 saturated carbocycles. The van der Waals surface area contributed by atoms with E-state index >= 15 is 0 Å². The topological polar surface area (TPSA) is 101 Å². The van der Waals surface area contributed by atoms with Gasteiger partial charge in [-0.05, 0) is 61.4 Å². The lowest BCUT2D eigenvalue weighted by molar-refractivity contribution is -0.136. The van der Waals surface area contributed by atoms with Gasteiger partial charge in [0.15, 0.2) is 0 Å². The van der Waals surface area contributed by atoms with E-state index in [0.717, 1.165) is 5.69 Å². The van der Waals surface area contributed by atoms with Crippen LogP contribution in [0.2, 0.25) is 0 Å². The van der Waals surface area contributed by atoms with E-state index in [2.05, 4.69) is 10.2 Å². The van der Waals surface area contributed by atoms with Crippen molar-refractivity contribution in [3.05, 3.63) is 78.4 Å². The number of nitrogens with one attached hydrogen (secondary N) is 1. The molecule has 0 aromatic heterocycles. The number of carbonyl (C=O) groups is 3. The summed E-state index contributed by atoms with van der Waals surface area (Å²) in [5.74, 6) is 1.21. The Bertz CT molecular complexity index is 1380. The molecular formula is C31H34N4O6. The minimum absolute atomic E-state index is 0.0812. The van der Waals surface area contributed by atoms with E-state index in [1.165, 1.54) is 0 Å². The number of hydrogen-bond donors (Lipinski definition) is 1. The maximum atomic E-state index is 14.0. The zero-order valence-electron chi connectivity index (χ0n) is 23.5. The minimum atomic E-state index is -0.857. The highest BCUT2D eigenvalue weighted by atomic mass is 16.5. The van der Waals surface area contributed by atoms with Gasteiger partial charge in [-0.15, -0.1) is 0 Å². The lowest BCUT2D eigenvalue weighted by Crippen LogP contribution is -2.57. The van der Waals surface area contributed by atoms with Crippen molar-refractivity contribution in [2.75, 3.05) is 57.8 Å². The van der Waals surface area contributed by atoms with Crippen molar-refractivity contribution in [2.24, 2.45) is 0 Å². The summed E-state index contributed by atoms with van der Waals surface area (Å²) in [4.78, 5) is 45.8. The molecule has 3 aromatic rings. The fourth-order valence-electron chi connectivity index (χ4n) is 5.56. The molecule has 2 heterocycles. The molecule has 5 rings (SSSR count). The van der Waals surface area contributed by atoms with Crippen LogP contribution >= 0.6 is 0 Å². The third kappa shape index (κ3) is 5.63. The molecule has 0 unspecified atom stereocenters. The summed E-state index contributed by atoms with van der Waals surface area (Å²) in [6, 6.07) is 21.9. The van der Waals surface area contributed by atoms with Gasteiger partial charge in [-0.25, -0.2) is 0 Å². The number of hydrogen-bond acceptors (Lipinski definition) is 7. The minimum Gasteiger partial charge on any atom is -0.497 e. The predicted molar refractivity (Wildman–Crippen MR) is 155 cm³/mol. The van der Waals surface area contributed by atoms with Gasteiger partial charge in [0.05, 0.1) is 28.0 Å². The first-order valence-corrected chi connectivity index (χ1v) is 13.4. The monoisotopic (exact) mass is 558 g/mol. The number of benzene rings is 3. The zero-order valence-corrected chi connectivity index (χ0v) is 23.5. The first kappa shape index (κ1) is 27.8. The first-order chi connectivity index (χ1) is 19.9. The quantitative estimate of drug-likeness (QED) is 0.451. The summed E-state index contributed by atoms with van der Waals surface area (Å²) >= 11 is 0. The molecule has 0 radical (unpaired) electrons. The van der Waals surface area contributed by atoms with Crippen LogP contribution in [-0.2, 0) is 9.59 Å². The highest BCUT2D eigenvalue weighted by Gasteiger charge is 2.54. The molecule has 1 N–H and O–H groups in total. The van der Waals surface area contributed by atoms with Crippen molar-refractivity contribution in [3.63, 3.8) is 0 Å². The third-order valence-corrected chi connectivity index (χ3v) is 7.77. The molecule has 1 spiro atoms. The fourth-order valence-corrected chi connectivity index (χ4v) is 5.56. The summed E-state index contributed by atoms with van der Waals surface area (Å²) in [6.07, 6.45) is 0.869. The molecule has 2 fully saturated rings. The molecule has 214 valence electrons. The first-order valence-electron chi connectivity index (χ1n) is 13.4. The summed E-state index contributed by atoms with van der Waals surface area (Å²) in [7, 11) is 4.67. The van der Waals surface area contributed by atoms with Crippen LogP contribution in [-0.4, -0.2) is 80.7 Å². The number of likely N-dealkylation sites (tertiary alicyclic amines) is 1. The van der Waals surface area contributed by atoms with Gasteiger partial charge < -0.3 is 34.2 Å². The van der Waals surface area contributed by atoms with Crippen molar-refractivity contribution in [1.82, 2.24) is 9.80 Å². The molecular weight excluding hydrogens is 524 g/mol. The van der Waals surface area contributed by atoms with Crippen molar-refractivity contribution in [1.29, 1.82) is 0 Å². The Kier molecular flexibility index (Phi) is 8.00. The van der Waals surface area contributed by atoms with Crippen LogP contribution in [0.4, 0.5) is 11.4 Å². The molecule has 3 aromatic carbocycles. The van der Waals surface area contributed by atoms with Gasteiger partial charge >= 0.3 is 0 Å². The summed E-state index contributed by atoms with van der Waals surface area (Å²) in [5, 5.41) is 2.87. The molecule has 2 saturated heterocycles. The number of anilines is 2. The predicted octanol–water partition coefficient (Wildman–Crippen LogP) is 3.63. The van der Waals surface area contributed by atoms with Crippen molar-refractivity contribution in [2.45, 2.75) is 18.4 Å². The Morgan fingerprint density at radius 3 is 2.02 bits per heavy atom. The summed E-state index contributed by atoms with van der Waals surface area (Å²) < 4.78 is 15.8. The smallest absolute Gasteiger partial charge is 0.254 e. The van der Waals surface area contributed by atoms with Gasteiger partial charge in [0.1, 0.15) is 29.3 Å². The van der Waals surface area contributed by atoms with Crippen LogP contribution in [0.3, 0.4) is 0 Å². The van der Waals surface area contributed by atoms with Gasteiger partial charge in [0.2, 0.25) is 5.91 Å². The maximum absolute atomic E-state index is 14.0. The summed E-state index contributed by atoms with van der Waals surface area (Å²) in [5.41, 5.74) is 1.13.